The third-order valence-electron chi connectivity index (χ3n) is 2.29. The number of alkyl halides is 6. The van der Waals surface area contributed by atoms with Crippen molar-refractivity contribution in [2.24, 2.45) is 0 Å². The van der Waals surface area contributed by atoms with Crippen molar-refractivity contribution in [1.82, 2.24) is 14.6 Å². The van der Waals surface area contributed by atoms with Crippen molar-refractivity contribution < 1.29 is 31.1 Å². The number of anilines is 1. The van der Waals surface area contributed by atoms with E-state index >= 15 is 0 Å². The molecule has 0 saturated heterocycles. The highest BCUT2D eigenvalue weighted by molar-refractivity contribution is 6.35. The maximum absolute atomic E-state index is 12.5. The van der Waals surface area contributed by atoms with Crippen LogP contribution >= 0.6 is 0 Å². The van der Waals surface area contributed by atoms with Gasteiger partial charge in [0.05, 0.1) is 0 Å². The van der Waals surface area contributed by atoms with Crippen LogP contribution in [0.5, 0.6) is 0 Å². The summed E-state index contributed by atoms with van der Waals surface area (Å²) in [5.41, 5.74) is -2.22. The molecule has 2 radical (unpaired) electrons. The summed E-state index contributed by atoms with van der Waals surface area (Å²) in [6.45, 7) is 0. The van der Waals surface area contributed by atoms with E-state index in [1.165, 1.54) is 5.32 Å². The van der Waals surface area contributed by atoms with Crippen LogP contribution in [0.2, 0.25) is 0 Å². The van der Waals surface area contributed by atoms with E-state index in [1.54, 1.807) is 0 Å². The van der Waals surface area contributed by atoms with Gasteiger partial charge < -0.3 is 5.32 Å². The normalized spacial score (nSPS) is 12.7. The minimum atomic E-state index is -5.19. The van der Waals surface area contributed by atoms with Gasteiger partial charge in [-0.05, 0) is 12.1 Å². The molecule has 12 heteroatoms. The highest BCUT2D eigenvalue weighted by Gasteiger charge is 2.39. The second kappa shape index (κ2) is 4.64. The van der Waals surface area contributed by atoms with Gasteiger partial charge in [0.2, 0.25) is 0 Å². The number of nitrogens with zero attached hydrogens (tertiary/aromatic N) is 3. The first-order valence-corrected chi connectivity index (χ1v) is 5.11. The quantitative estimate of drug-likeness (QED) is 0.633. The number of hydrogen-bond acceptors (Lipinski definition) is 3. The number of carbonyl (C=O) groups excluding carboxylic acids is 1. The molecule has 0 aromatic carbocycles. The Balaban J connectivity index is 2.45. The minimum Gasteiger partial charge on any atom is -0.302 e. The summed E-state index contributed by atoms with van der Waals surface area (Å²) in [6, 6.07) is 1.44. The lowest BCUT2D eigenvalue weighted by molar-refractivity contribution is -0.167. The Morgan fingerprint density at radius 1 is 1.19 bits per heavy atom. The van der Waals surface area contributed by atoms with E-state index in [2.05, 4.69) is 10.1 Å². The molecule has 1 N–H and O–H groups in total. The summed E-state index contributed by atoms with van der Waals surface area (Å²) < 4.78 is 74.1. The van der Waals surface area contributed by atoms with E-state index in [1.807, 2.05) is 0 Å². The molecule has 110 valence electrons. The van der Waals surface area contributed by atoms with Gasteiger partial charge in [-0.2, -0.15) is 31.4 Å². The molecule has 1 amide bonds. The van der Waals surface area contributed by atoms with Crippen molar-refractivity contribution in [1.29, 1.82) is 0 Å². The molecule has 0 aliphatic carbocycles. The van der Waals surface area contributed by atoms with Crippen LogP contribution in [0.3, 0.4) is 0 Å². The van der Waals surface area contributed by atoms with Crippen molar-refractivity contribution in [3.8, 4) is 0 Å². The van der Waals surface area contributed by atoms with Crippen LogP contribution in [0.4, 0.5) is 32.2 Å². The highest BCUT2D eigenvalue weighted by Crippen LogP contribution is 2.27. The number of imidazole rings is 1. The van der Waals surface area contributed by atoms with Crippen LogP contribution in [0, 0.1) is 0 Å². The lowest BCUT2D eigenvalue weighted by Gasteiger charge is -2.07. The summed E-state index contributed by atoms with van der Waals surface area (Å²) >= 11 is 0. The number of halogens is 6. The molecule has 0 aliphatic rings. The number of aromatic nitrogens is 3. The second-order valence-corrected chi connectivity index (χ2v) is 3.78. The average Bonchev–Trinajstić information content (AvgIpc) is 2.64. The monoisotopic (exact) mass is 308 g/mol. The topological polar surface area (TPSA) is 59.3 Å². The molecule has 0 atom stereocenters. The lowest BCUT2D eigenvalue weighted by atomic mass is 10.1. The third kappa shape index (κ3) is 2.93. The van der Waals surface area contributed by atoms with Gasteiger partial charge >= 0.3 is 18.3 Å². The van der Waals surface area contributed by atoms with Crippen molar-refractivity contribution in [3.63, 3.8) is 0 Å². The largest absolute Gasteiger partial charge is 0.471 e. The Hall–Kier alpha value is -2.27. The summed E-state index contributed by atoms with van der Waals surface area (Å²) in [6.07, 6.45) is -9.95. The molecule has 0 aliphatic heterocycles. The van der Waals surface area contributed by atoms with Gasteiger partial charge in [0.1, 0.15) is 13.7 Å². The number of nitrogens with one attached hydrogen (secondary N) is 1. The van der Waals surface area contributed by atoms with Crippen LogP contribution in [0.15, 0.2) is 12.1 Å². The van der Waals surface area contributed by atoms with E-state index in [0.717, 1.165) is 6.07 Å². The van der Waals surface area contributed by atoms with Gasteiger partial charge in [-0.3, -0.25) is 4.79 Å². The lowest BCUT2D eigenvalue weighted by Crippen LogP contribution is -2.32. The molecular weight excluding hydrogens is 305 g/mol. The fourth-order valence-electron chi connectivity index (χ4n) is 1.37. The molecule has 21 heavy (non-hydrogen) atoms. The van der Waals surface area contributed by atoms with Crippen LogP contribution in [-0.2, 0) is 11.0 Å². The SMILES string of the molecule is [B]c1c(NC(=O)C(F)(F)F)nc2ccc(C(F)(F)F)nn12. The van der Waals surface area contributed by atoms with Crippen LogP contribution in [0.25, 0.3) is 5.65 Å². The maximum atomic E-state index is 12.5. The van der Waals surface area contributed by atoms with Crippen LogP contribution < -0.4 is 10.9 Å². The molecule has 0 fully saturated rings. The summed E-state index contributed by atoms with van der Waals surface area (Å²) in [7, 11) is 5.33. The molecular formula is C9H3BF6N4O. The number of hydrogen-bond donors (Lipinski definition) is 1. The van der Waals surface area contributed by atoms with Crippen molar-refractivity contribution >= 4 is 30.8 Å². The number of rotatable bonds is 1. The van der Waals surface area contributed by atoms with Crippen LogP contribution in [-0.4, -0.2) is 34.5 Å². The van der Waals surface area contributed by atoms with Gasteiger partial charge in [0, 0.05) is 5.59 Å². The van der Waals surface area contributed by atoms with Crippen molar-refractivity contribution in [2.45, 2.75) is 12.4 Å². The summed E-state index contributed by atoms with van der Waals surface area (Å²) in [5, 5.41) is 4.46. The van der Waals surface area contributed by atoms with Crippen molar-refractivity contribution in [3.05, 3.63) is 17.8 Å². The molecule has 0 bridgehead atoms. The van der Waals surface area contributed by atoms with E-state index in [9.17, 15) is 31.1 Å². The molecule has 2 heterocycles. The Bertz CT molecular complexity index is 707. The zero-order valence-corrected chi connectivity index (χ0v) is 9.75. The first kappa shape index (κ1) is 15.1. The van der Waals surface area contributed by atoms with Gasteiger partial charge in [-0.1, -0.05) is 0 Å². The van der Waals surface area contributed by atoms with Gasteiger partial charge in [0.25, 0.3) is 0 Å². The van der Waals surface area contributed by atoms with E-state index in [-0.39, 0.29) is 5.65 Å². The molecule has 2 aromatic heterocycles. The predicted molar refractivity (Wildman–Crippen MR) is 58.1 cm³/mol. The summed E-state index contributed by atoms with van der Waals surface area (Å²) in [4.78, 5) is 14.2. The number of fused-ring (bicyclic) bond motifs is 1. The first-order valence-electron chi connectivity index (χ1n) is 5.11. The average molecular weight is 308 g/mol. The Kier molecular flexibility index (Phi) is 3.34. The third-order valence-corrected chi connectivity index (χ3v) is 2.29. The van der Waals surface area contributed by atoms with Gasteiger partial charge in [0.15, 0.2) is 11.3 Å². The molecule has 0 spiro atoms. The smallest absolute Gasteiger partial charge is 0.302 e. The predicted octanol–water partition coefficient (Wildman–Crippen LogP) is 1.04. The molecule has 2 rings (SSSR count). The minimum absolute atomic E-state index is 0.252. The van der Waals surface area contributed by atoms with Gasteiger partial charge in [-0.25, -0.2) is 9.50 Å². The molecule has 2 aromatic rings. The Labute approximate surface area is 113 Å². The number of amides is 1. The zero-order chi connectivity index (χ0) is 16.0. The Morgan fingerprint density at radius 2 is 1.81 bits per heavy atom. The van der Waals surface area contributed by atoms with Crippen LogP contribution in [0.1, 0.15) is 5.69 Å². The van der Waals surface area contributed by atoms with E-state index in [0.29, 0.717) is 10.6 Å². The zero-order valence-electron chi connectivity index (χ0n) is 9.75. The van der Waals surface area contributed by atoms with Crippen molar-refractivity contribution in [2.75, 3.05) is 5.32 Å². The van der Waals surface area contributed by atoms with Gasteiger partial charge in [-0.15, -0.1) is 0 Å². The van der Waals surface area contributed by atoms with E-state index in [4.69, 9.17) is 7.85 Å². The standard InChI is InChI=1S/C9H3BF6N4O/c10-5-6(18-7(21)9(14,15)16)17-4-2-1-3(8(11,12)13)19-20(4)5/h1-2H,(H,18,21). The first-order chi connectivity index (χ1) is 9.50. The Morgan fingerprint density at radius 3 is 2.33 bits per heavy atom. The van der Waals surface area contributed by atoms with E-state index < -0.39 is 35.4 Å². The highest BCUT2D eigenvalue weighted by atomic mass is 19.4. The fourth-order valence-corrected chi connectivity index (χ4v) is 1.37. The summed E-state index contributed by atoms with van der Waals surface area (Å²) in [5.74, 6) is -3.09. The number of carbonyl (C=O) groups is 1. The molecule has 0 saturated carbocycles. The molecule has 0 unspecified atom stereocenters. The fraction of sp³-hybridized carbons (Fsp3) is 0.222. The molecule has 5 nitrogen and oxygen atoms in total. The maximum Gasteiger partial charge on any atom is 0.471 e. The second-order valence-electron chi connectivity index (χ2n) is 3.78.